The molecule has 0 saturated carbocycles. The number of anilines is 2. The van der Waals surface area contributed by atoms with Gasteiger partial charge in [-0.1, -0.05) is 0 Å². The third kappa shape index (κ3) is 3.94. The number of likely N-dealkylation sites (tertiary alicyclic amines) is 1. The summed E-state index contributed by atoms with van der Waals surface area (Å²) in [5.41, 5.74) is 0.766. The number of aryl methyl sites for hydroxylation is 1. The molecule has 1 aliphatic rings. The number of aromatic nitrogens is 5. The van der Waals surface area contributed by atoms with Crippen LogP contribution in [0.15, 0.2) is 18.3 Å². The van der Waals surface area contributed by atoms with Crippen molar-refractivity contribution in [2.45, 2.75) is 26.2 Å². The predicted molar refractivity (Wildman–Crippen MR) is 106 cm³/mol. The molecule has 4 heterocycles. The van der Waals surface area contributed by atoms with Crippen LogP contribution in [-0.4, -0.2) is 48.6 Å². The van der Waals surface area contributed by atoms with E-state index in [9.17, 15) is 18.0 Å². The minimum Gasteiger partial charge on any atom is -0.342 e. The lowest BCUT2D eigenvalue weighted by Gasteiger charge is -2.16. The molecular weight excluding hydrogens is 411 g/mol. The Balaban J connectivity index is 1.76. The second-order valence-corrected chi connectivity index (χ2v) is 7.42. The highest BCUT2D eigenvalue weighted by Gasteiger charge is 2.28. The van der Waals surface area contributed by atoms with Crippen molar-refractivity contribution in [1.29, 1.82) is 0 Å². The van der Waals surface area contributed by atoms with E-state index in [0.29, 0.717) is 36.7 Å². The zero-order chi connectivity index (χ0) is 22.3. The van der Waals surface area contributed by atoms with Gasteiger partial charge in [-0.05, 0) is 19.4 Å². The third-order valence-electron chi connectivity index (χ3n) is 5.35. The van der Waals surface area contributed by atoms with Gasteiger partial charge in [-0.3, -0.25) is 9.48 Å². The molecule has 1 unspecified atom stereocenters. The Morgan fingerprint density at radius 1 is 1.19 bits per heavy atom. The molecule has 11 heteroatoms. The summed E-state index contributed by atoms with van der Waals surface area (Å²) in [6.07, 6.45) is 2.29. The first-order valence-corrected chi connectivity index (χ1v) is 9.65. The van der Waals surface area contributed by atoms with E-state index < -0.39 is 29.0 Å². The summed E-state index contributed by atoms with van der Waals surface area (Å²) in [5.74, 6) is -3.82. The van der Waals surface area contributed by atoms with Crippen LogP contribution in [-0.2, 0) is 11.8 Å². The van der Waals surface area contributed by atoms with E-state index in [1.165, 1.54) is 6.92 Å². The fourth-order valence-corrected chi connectivity index (χ4v) is 3.56. The first-order chi connectivity index (χ1) is 14.7. The molecule has 8 nitrogen and oxygen atoms in total. The summed E-state index contributed by atoms with van der Waals surface area (Å²) in [5, 5.41) is 6.76. The van der Waals surface area contributed by atoms with Crippen LogP contribution >= 0.6 is 0 Å². The summed E-state index contributed by atoms with van der Waals surface area (Å²) in [4.78, 5) is 25.8. The number of hydrogen-bond acceptors (Lipinski definition) is 6. The van der Waals surface area contributed by atoms with Crippen molar-refractivity contribution in [3.05, 3.63) is 47.2 Å². The predicted octanol–water partition coefficient (Wildman–Crippen LogP) is 3.08. The lowest BCUT2D eigenvalue weighted by Crippen LogP contribution is -2.25. The number of halogens is 3. The second kappa shape index (κ2) is 7.97. The van der Waals surface area contributed by atoms with Crippen LogP contribution in [0, 0.1) is 24.5 Å². The van der Waals surface area contributed by atoms with E-state index in [-0.39, 0.29) is 17.6 Å². The van der Waals surface area contributed by atoms with Crippen molar-refractivity contribution in [1.82, 2.24) is 29.6 Å². The summed E-state index contributed by atoms with van der Waals surface area (Å²) < 4.78 is 43.4. The summed E-state index contributed by atoms with van der Waals surface area (Å²) in [7, 11) is 1.73. The van der Waals surface area contributed by atoms with Gasteiger partial charge >= 0.3 is 0 Å². The van der Waals surface area contributed by atoms with Crippen molar-refractivity contribution < 1.29 is 18.0 Å². The Kier molecular flexibility index (Phi) is 5.34. The number of nitrogens with zero attached hydrogens (tertiary/aromatic N) is 6. The van der Waals surface area contributed by atoms with Crippen LogP contribution in [0.2, 0.25) is 0 Å². The quantitative estimate of drug-likeness (QED) is 0.639. The Morgan fingerprint density at radius 2 is 1.97 bits per heavy atom. The molecule has 0 radical (unpaired) electrons. The molecule has 3 aromatic rings. The van der Waals surface area contributed by atoms with Crippen LogP contribution < -0.4 is 5.32 Å². The molecule has 1 fully saturated rings. The van der Waals surface area contributed by atoms with Gasteiger partial charge in [0.15, 0.2) is 23.3 Å². The monoisotopic (exact) mass is 431 g/mol. The molecular formula is C20H20F3N7O. The van der Waals surface area contributed by atoms with Crippen LogP contribution in [0.25, 0.3) is 11.5 Å². The largest absolute Gasteiger partial charge is 0.342 e. The summed E-state index contributed by atoms with van der Waals surface area (Å²) >= 11 is 0. The molecule has 1 amide bonds. The van der Waals surface area contributed by atoms with Gasteiger partial charge in [-0.2, -0.15) is 14.5 Å². The highest BCUT2D eigenvalue weighted by atomic mass is 19.2. The Labute approximate surface area is 176 Å². The van der Waals surface area contributed by atoms with Crippen molar-refractivity contribution in [2.75, 3.05) is 18.4 Å². The van der Waals surface area contributed by atoms with Gasteiger partial charge in [0, 0.05) is 50.8 Å². The van der Waals surface area contributed by atoms with Gasteiger partial charge in [0.25, 0.3) is 5.95 Å². The maximum absolute atomic E-state index is 14.5. The zero-order valence-corrected chi connectivity index (χ0v) is 17.2. The molecule has 1 N–H and O–H groups in total. The number of hydrogen-bond donors (Lipinski definition) is 1. The van der Waals surface area contributed by atoms with E-state index >= 15 is 0 Å². The Hall–Kier alpha value is -3.50. The minimum absolute atomic E-state index is 0.0229. The van der Waals surface area contributed by atoms with Crippen LogP contribution in [0.3, 0.4) is 0 Å². The number of pyridine rings is 1. The molecule has 0 spiro atoms. The van der Waals surface area contributed by atoms with Gasteiger partial charge in [-0.25, -0.2) is 18.7 Å². The smallest absolute Gasteiger partial charge is 0.251 e. The molecule has 0 aliphatic carbocycles. The highest BCUT2D eigenvalue weighted by molar-refractivity contribution is 5.73. The molecule has 4 rings (SSSR count). The maximum atomic E-state index is 14.5. The fourth-order valence-electron chi connectivity index (χ4n) is 3.56. The second-order valence-electron chi connectivity index (χ2n) is 7.42. The van der Waals surface area contributed by atoms with E-state index in [1.807, 2.05) is 0 Å². The van der Waals surface area contributed by atoms with Crippen molar-refractivity contribution in [3.63, 3.8) is 0 Å². The van der Waals surface area contributed by atoms with Gasteiger partial charge in [0.05, 0.1) is 5.69 Å². The van der Waals surface area contributed by atoms with Crippen LogP contribution in [0.1, 0.15) is 30.5 Å². The molecule has 1 atom stereocenters. The first kappa shape index (κ1) is 20.8. The summed E-state index contributed by atoms with van der Waals surface area (Å²) in [6.45, 7) is 3.73. The first-order valence-electron chi connectivity index (χ1n) is 9.65. The molecule has 1 saturated heterocycles. The number of rotatable bonds is 4. The molecule has 0 bridgehead atoms. The van der Waals surface area contributed by atoms with Crippen LogP contribution in [0.5, 0.6) is 0 Å². The van der Waals surface area contributed by atoms with Gasteiger partial charge in [0.1, 0.15) is 11.5 Å². The van der Waals surface area contributed by atoms with Gasteiger partial charge in [0.2, 0.25) is 5.91 Å². The maximum Gasteiger partial charge on any atom is 0.251 e. The zero-order valence-electron chi connectivity index (χ0n) is 17.2. The number of amides is 1. The number of carbonyl (C=O) groups excluding carboxylic acids is 1. The molecule has 0 aromatic carbocycles. The van der Waals surface area contributed by atoms with Gasteiger partial charge < -0.3 is 10.2 Å². The summed E-state index contributed by atoms with van der Waals surface area (Å²) in [6, 6.07) is 3.33. The molecule has 162 valence electrons. The topological polar surface area (TPSA) is 88.8 Å². The van der Waals surface area contributed by atoms with Gasteiger partial charge in [-0.15, -0.1) is 0 Å². The van der Waals surface area contributed by atoms with E-state index in [4.69, 9.17) is 0 Å². The Bertz CT molecular complexity index is 1160. The standard InChI is InChI=1S/C20H20F3N7O/c1-10-16(21)18(23)28-20(17(10)22)27-15-8-13(12-5-7-30(9-12)11(2)31)25-19(26-15)14-4-6-24-29(14)3/h4,6,8,12H,5,7,9H2,1-3H3,(H,25,26,27,28). The third-order valence-corrected chi connectivity index (χ3v) is 5.35. The fraction of sp³-hybridized carbons (Fsp3) is 0.350. The molecule has 3 aromatic heterocycles. The van der Waals surface area contributed by atoms with Crippen molar-refractivity contribution >= 4 is 17.5 Å². The lowest BCUT2D eigenvalue weighted by molar-refractivity contribution is -0.127. The Morgan fingerprint density at radius 3 is 2.61 bits per heavy atom. The van der Waals surface area contributed by atoms with E-state index in [2.05, 4.69) is 25.4 Å². The average molecular weight is 431 g/mol. The highest BCUT2D eigenvalue weighted by Crippen LogP contribution is 2.30. The SMILES string of the molecule is CC(=O)N1CCC(c2cc(Nc3nc(F)c(F)c(C)c3F)nc(-c3ccnn3C)n2)C1. The lowest BCUT2D eigenvalue weighted by atomic mass is 10.0. The van der Waals surface area contributed by atoms with Crippen LogP contribution in [0.4, 0.5) is 24.8 Å². The number of nitrogens with one attached hydrogen (secondary N) is 1. The minimum atomic E-state index is -1.41. The molecule has 1 aliphatic heterocycles. The van der Waals surface area contributed by atoms with E-state index in [1.54, 1.807) is 35.0 Å². The van der Waals surface area contributed by atoms with E-state index in [0.717, 1.165) is 6.92 Å². The normalized spacial score (nSPS) is 16.1. The van der Waals surface area contributed by atoms with Crippen molar-refractivity contribution in [3.8, 4) is 11.5 Å². The number of carbonyl (C=O) groups is 1. The average Bonchev–Trinajstić information content (AvgIpc) is 3.39. The molecule has 31 heavy (non-hydrogen) atoms. The van der Waals surface area contributed by atoms with Crippen molar-refractivity contribution in [2.24, 2.45) is 7.05 Å².